The molecule has 2 aromatic rings. The highest BCUT2D eigenvalue weighted by atomic mass is 32.2. The van der Waals surface area contributed by atoms with E-state index in [1.807, 2.05) is 0 Å². The highest BCUT2D eigenvalue weighted by Gasteiger charge is 2.30. The Morgan fingerprint density at radius 3 is 1.92 bits per heavy atom. The van der Waals surface area contributed by atoms with Crippen LogP contribution in [0.3, 0.4) is 0 Å². The minimum Gasteiger partial charge on any atom is -0.258 e. The van der Waals surface area contributed by atoms with E-state index in [0.717, 1.165) is 0 Å². The number of hydrogen-bond acceptors (Lipinski definition) is 7. The maximum atomic E-state index is 12.4. The Morgan fingerprint density at radius 1 is 1.00 bits per heavy atom. The van der Waals surface area contributed by atoms with Gasteiger partial charge in [0.1, 0.15) is 6.07 Å². The normalized spacial score (nSPS) is 10.8. The summed E-state index contributed by atoms with van der Waals surface area (Å²) in [5.41, 5.74) is -2.20. The standard InChI is InChI=1S/C14H9N3O6S/c15-8-12-13(16(18)19)6-11(7-14(12)17(20)21)24(22,23)9-10-4-2-1-3-5-10/h1-7H,9H2. The van der Waals surface area contributed by atoms with Gasteiger partial charge in [0.2, 0.25) is 5.56 Å². The zero-order valence-corrected chi connectivity index (χ0v) is 12.8. The quantitative estimate of drug-likeness (QED) is 0.596. The van der Waals surface area contributed by atoms with Gasteiger partial charge in [0.15, 0.2) is 9.84 Å². The summed E-state index contributed by atoms with van der Waals surface area (Å²) in [6, 6.07) is 10.7. The lowest BCUT2D eigenvalue weighted by Gasteiger charge is -2.06. The summed E-state index contributed by atoms with van der Waals surface area (Å²) >= 11 is 0. The number of nitro groups is 2. The van der Waals surface area contributed by atoms with E-state index in [9.17, 15) is 28.6 Å². The van der Waals surface area contributed by atoms with Crippen LogP contribution in [0, 0.1) is 31.6 Å². The van der Waals surface area contributed by atoms with E-state index in [0.29, 0.717) is 17.7 Å². The lowest BCUT2D eigenvalue weighted by Crippen LogP contribution is -2.08. The van der Waals surface area contributed by atoms with Crippen LogP contribution in [0.4, 0.5) is 11.4 Å². The van der Waals surface area contributed by atoms with Crippen molar-refractivity contribution in [2.75, 3.05) is 0 Å². The molecule has 24 heavy (non-hydrogen) atoms. The number of rotatable bonds is 5. The molecule has 0 saturated carbocycles. The molecule has 0 heterocycles. The zero-order valence-electron chi connectivity index (χ0n) is 11.9. The first-order chi connectivity index (χ1) is 11.3. The summed E-state index contributed by atoms with van der Waals surface area (Å²) < 4.78 is 24.8. The Morgan fingerprint density at radius 2 is 1.50 bits per heavy atom. The van der Waals surface area contributed by atoms with Crippen molar-refractivity contribution in [3.8, 4) is 6.07 Å². The number of nitriles is 1. The second-order valence-electron chi connectivity index (χ2n) is 4.71. The molecule has 0 saturated heterocycles. The molecule has 0 aliphatic heterocycles. The van der Waals surface area contributed by atoms with Gasteiger partial charge in [-0.15, -0.1) is 0 Å². The van der Waals surface area contributed by atoms with E-state index in [4.69, 9.17) is 5.26 Å². The summed E-state index contributed by atoms with van der Waals surface area (Å²) in [6.07, 6.45) is 0. The summed E-state index contributed by atoms with van der Waals surface area (Å²) in [4.78, 5) is 19.4. The molecule has 0 amide bonds. The molecule has 0 aromatic heterocycles. The maximum absolute atomic E-state index is 12.4. The fraction of sp³-hybridized carbons (Fsp3) is 0.0714. The van der Waals surface area contributed by atoms with Gasteiger partial charge < -0.3 is 0 Å². The molecule has 10 heteroatoms. The largest absolute Gasteiger partial charge is 0.295 e. The topological polar surface area (TPSA) is 144 Å². The average Bonchev–Trinajstić information content (AvgIpc) is 2.53. The van der Waals surface area contributed by atoms with Crippen LogP contribution in [0.25, 0.3) is 0 Å². The Labute approximate surface area is 136 Å². The first-order valence-electron chi connectivity index (χ1n) is 6.40. The molecule has 0 N–H and O–H groups in total. The van der Waals surface area contributed by atoms with Gasteiger partial charge in [-0.05, 0) is 5.56 Å². The number of sulfone groups is 1. The van der Waals surface area contributed by atoms with Crippen LogP contribution in [0.15, 0.2) is 47.4 Å². The van der Waals surface area contributed by atoms with Gasteiger partial charge in [0.05, 0.1) is 20.5 Å². The molecule has 0 unspecified atom stereocenters. The molecular formula is C14H9N3O6S. The molecule has 0 atom stereocenters. The summed E-state index contributed by atoms with van der Waals surface area (Å²) in [7, 11) is -4.07. The minimum absolute atomic E-state index is 0.423. The summed E-state index contributed by atoms with van der Waals surface area (Å²) in [5, 5.41) is 31.0. The van der Waals surface area contributed by atoms with Crippen LogP contribution >= 0.6 is 0 Å². The predicted molar refractivity (Wildman–Crippen MR) is 81.8 cm³/mol. The van der Waals surface area contributed by atoms with Gasteiger partial charge in [0, 0.05) is 12.1 Å². The molecule has 0 bridgehead atoms. The van der Waals surface area contributed by atoms with Crippen molar-refractivity contribution in [3.05, 3.63) is 73.8 Å². The third-order valence-electron chi connectivity index (χ3n) is 3.13. The first-order valence-corrected chi connectivity index (χ1v) is 8.05. The lowest BCUT2D eigenvalue weighted by molar-refractivity contribution is -0.395. The van der Waals surface area contributed by atoms with Crippen LogP contribution in [0.2, 0.25) is 0 Å². The Bertz CT molecular complexity index is 929. The number of nitro benzene ring substituents is 2. The smallest absolute Gasteiger partial charge is 0.258 e. The molecule has 2 aromatic carbocycles. The molecule has 0 aliphatic rings. The van der Waals surface area contributed by atoms with Crippen molar-refractivity contribution in [3.63, 3.8) is 0 Å². The van der Waals surface area contributed by atoms with Gasteiger partial charge in [-0.3, -0.25) is 20.2 Å². The Hall–Kier alpha value is -3.32. The van der Waals surface area contributed by atoms with Crippen molar-refractivity contribution >= 4 is 21.2 Å². The van der Waals surface area contributed by atoms with Gasteiger partial charge >= 0.3 is 0 Å². The zero-order chi connectivity index (χ0) is 17.9. The highest BCUT2D eigenvalue weighted by Crippen LogP contribution is 2.32. The number of hydrogen-bond donors (Lipinski definition) is 0. The molecule has 0 aliphatic carbocycles. The van der Waals surface area contributed by atoms with Crippen LogP contribution in [-0.4, -0.2) is 18.3 Å². The number of nitrogens with zero attached hydrogens (tertiary/aromatic N) is 3. The molecular weight excluding hydrogens is 338 g/mol. The molecule has 0 radical (unpaired) electrons. The summed E-state index contributed by atoms with van der Waals surface area (Å²) in [6.45, 7) is 0. The van der Waals surface area contributed by atoms with E-state index >= 15 is 0 Å². The van der Waals surface area contributed by atoms with Gasteiger partial charge in [-0.25, -0.2) is 8.42 Å². The molecule has 122 valence electrons. The maximum Gasteiger partial charge on any atom is 0.295 e. The van der Waals surface area contributed by atoms with Crippen molar-refractivity contribution in [2.24, 2.45) is 0 Å². The molecule has 9 nitrogen and oxygen atoms in total. The van der Waals surface area contributed by atoms with E-state index in [2.05, 4.69) is 0 Å². The minimum atomic E-state index is -4.07. The van der Waals surface area contributed by atoms with E-state index < -0.39 is 47.3 Å². The first kappa shape index (κ1) is 17.0. The predicted octanol–water partition coefficient (Wildman–Crippen LogP) is 2.35. The van der Waals surface area contributed by atoms with Gasteiger partial charge in [-0.1, -0.05) is 30.3 Å². The monoisotopic (exact) mass is 347 g/mol. The van der Waals surface area contributed by atoms with Crippen molar-refractivity contribution in [1.82, 2.24) is 0 Å². The van der Waals surface area contributed by atoms with Gasteiger partial charge in [-0.2, -0.15) is 5.26 Å². The highest BCUT2D eigenvalue weighted by molar-refractivity contribution is 7.90. The lowest BCUT2D eigenvalue weighted by atomic mass is 10.1. The van der Waals surface area contributed by atoms with Crippen LogP contribution in [0.1, 0.15) is 11.1 Å². The van der Waals surface area contributed by atoms with Crippen molar-refractivity contribution in [1.29, 1.82) is 5.26 Å². The third-order valence-corrected chi connectivity index (χ3v) is 4.80. The number of benzene rings is 2. The molecule has 0 fully saturated rings. The molecule has 0 spiro atoms. The van der Waals surface area contributed by atoms with Crippen molar-refractivity contribution in [2.45, 2.75) is 10.6 Å². The van der Waals surface area contributed by atoms with Crippen LogP contribution < -0.4 is 0 Å². The van der Waals surface area contributed by atoms with Gasteiger partial charge in [0.25, 0.3) is 11.4 Å². The fourth-order valence-electron chi connectivity index (χ4n) is 2.05. The van der Waals surface area contributed by atoms with Crippen LogP contribution in [-0.2, 0) is 15.6 Å². The van der Waals surface area contributed by atoms with Crippen molar-refractivity contribution < 1.29 is 18.3 Å². The third kappa shape index (κ3) is 3.36. The summed E-state index contributed by atoms with van der Waals surface area (Å²) in [5.74, 6) is -0.478. The van der Waals surface area contributed by atoms with Crippen LogP contribution in [0.5, 0.6) is 0 Å². The SMILES string of the molecule is N#Cc1c([N+](=O)[O-])cc(S(=O)(=O)Cc2ccccc2)cc1[N+](=O)[O-]. The second kappa shape index (κ2) is 6.43. The average molecular weight is 347 g/mol. The Kier molecular flexibility index (Phi) is 4.57. The van der Waals surface area contributed by atoms with E-state index in [-0.39, 0.29) is 0 Å². The fourth-order valence-corrected chi connectivity index (χ4v) is 3.43. The Balaban J connectivity index is 2.64. The second-order valence-corrected chi connectivity index (χ2v) is 6.70. The van der Waals surface area contributed by atoms with E-state index in [1.54, 1.807) is 30.3 Å². The van der Waals surface area contributed by atoms with E-state index in [1.165, 1.54) is 6.07 Å². The molecule has 2 rings (SSSR count).